The molecule has 0 aromatic carbocycles. The number of rotatable bonds is 2. The first-order valence-electron chi connectivity index (χ1n) is 6.42. The third-order valence-electron chi connectivity index (χ3n) is 4.20. The standard InChI is InChI=1S/C13H26N2O/c1-12(2,3)15-7-5-13(6-8-15)9-14(10-13)11-16-4/h5-11H2,1-4H3. The minimum atomic E-state index is 0.345. The fourth-order valence-electron chi connectivity index (χ4n) is 3.14. The van der Waals surface area contributed by atoms with Crippen molar-refractivity contribution in [2.45, 2.75) is 39.2 Å². The van der Waals surface area contributed by atoms with Crippen LogP contribution in [0.4, 0.5) is 0 Å². The molecule has 0 unspecified atom stereocenters. The summed E-state index contributed by atoms with van der Waals surface area (Å²) in [5.74, 6) is 0. The summed E-state index contributed by atoms with van der Waals surface area (Å²) in [6.07, 6.45) is 2.73. The Bertz CT molecular complexity index is 231. The Hall–Kier alpha value is -0.120. The maximum atomic E-state index is 5.17. The highest BCUT2D eigenvalue weighted by atomic mass is 16.5. The monoisotopic (exact) mass is 226 g/mol. The second kappa shape index (κ2) is 4.28. The molecule has 0 aromatic heterocycles. The molecule has 16 heavy (non-hydrogen) atoms. The van der Waals surface area contributed by atoms with Gasteiger partial charge in [-0.1, -0.05) is 0 Å². The molecule has 2 saturated heterocycles. The van der Waals surface area contributed by atoms with E-state index in [0.29, 0.717) is 11.0 Å². The van der Waals surface area contributed by atoms with Crippen molar-refractivity contribution in [2.24, 2.45) is 5.41 Å². The van der Waals surface area contributed by atoms with Gasteiger partial charge in [0.25, 0.3) is 0 Å². The van der Waals surface area contributed by atoms with Crippen molar-refractivity contribution < 1.29 is 4.74 Å². The van der Waals surface area contributed by atoms with Crippen LogP contribution in [0.15, 0.2) is 0 Å². The zero-order valence-corrected chi connectivity index (χ0v) is 11.3. The van der Waals surface area contributed by atoms with Crippen LogP contribution in [0.25, 0.3) is 0 Å². The first-order valence-corrected chi connectivity index (χ1v) is 6.42. The van der Waals surface area contributed by atoms with E-state index < -0.39 is 0 Å². The van der Waals surface area contributed by atoms with Crippen LogP contribution in [0.5, 0.6) is 0 Å². The van der Waals surface area contributed by atoms with Crippen LogP contribution in [-0.4, -0.2) is 55.4 Å². The number of nitrogens with zero attached hydrogens (tertiary/aromatic N) is 2. The fraction of sp³-hybridized carbons (Fsp3) is 1.00. The van der Waals surface area contributed by atoms with Crippen molar-refractivity contribution >= 4 is 0 Å². The van der Waals surface area contributed by atoms with Crippen LogP contribution < -0.4 is 0 Å². The zero-order valence-electron chi connectivity index (χ0n) is 11.3. The Balaban J connectivity index is 1.79. The Morgan fingerprint density at radius 1 is 1.12 bits per heavy atom. The Labute approximate surface area is 99.7 Å². The summed E-state index contributed by atoms with van der Waals surface area (Å²) in [5.41, 5.74) is 0.970. The van der Waals surface area contributed by atoms with Gasteiger partial charge in [0.2, 0.25) is 0 Å². The van der Waals surface area contributed by atoms with Crippen LogP contribution in [0, 0.1) is 5.41 Å². The summed E-state index contributed by atoms with van der Waals surface area (Å²) in [5, 5.41) is 0. The predicted octanol–water partition coefficient (Wildman–Crippen LogP) is 1.79. The van der Waals surface area contributed by atoms with Gasteiger partial charge in [0.05, 0.1) is 6.73 Å². The Morgan fingerprint density at radius 2 is 1.69 bits per heavy atom. The third-order valence-corrected chi connectivity index (χ3v) is 4.20. The third kappa shape index (κ3) is 2.41. The first-order chi connectivity index (χ1) is 7.45. The van der Waals surface area contributed by atoms with Crippen molar-refractivity contribution in [3.05, 3.63) is 0 Å². The van der Waals surface area contributed by atoms with Gasteiger partial charge in [-0.2, -0.15) is 0 Å². The van der Waals surface area contributed by atoms with E-state index >= 15 is 0 Å². The maximum Gasteiger partial charge on any atom is 0.0986 e. The minimum Gasteiger partial charge on any atom is -0.369 e. The lowest BCUT2D eigenvalue weighted by Crippen LogP contribution is -2.62. The molecule has 0 aromatic rings. The van der Waals surface area contributed by atoms with Crippen molar-refractivity contribution in [3.63, 3.8) is 0 Å². The molecule has 0 amide bonds. The fourth-order valence-corrected chi connectivity index (χ4v) is 3.14. The van der Waals surface area contributed by atoms with Gasteiger partial charge in [0.1, 0.15) is 0 Å². The normalized spacial score (nSPS) is 27.0. The second-order valence-corrected chi connectivity index (χ2v) is 6.56. The van der Waals surface area contributed by atoms with E-state index in [0.717, 1.165) is 6.73 Å². The predicted molar refractivity (Wildman–Crippen MR) is 66.4 cm³/mol. The molecule has 1 spiro atoms. The molecule has 0 bridgehead atoms. The highest BCUT2D eigenvalue weighted by molar-refractivity contribution is 4.98. The van der Waals surface area contributed by atoms with E-state index in [1.165, 1.54) is 39.0 Å². The molecule has 2 aliphatic rings. The molecule has 0 aliphatic carbocycles. The first kappa shape index (κ1) is 12.3. The van der Waals surface area contributed by atoms with Crippen molar-refractivity contribution in [1.29, 1.82) is 0 Å². The van der Waals surface area contributed by atoms with Crippen LogP contribution in [-0.2, 0) is 4.74 Å². The largest absolute Gasteiger partial charge is 0.369 e. The highest BCUT2D eigenvalue weighted by Gasteiger charge is 2.45. The molecule has 94 valence electrons. The molecule has 2 aliphatic heterocycles. The van der Waals surface area contributed by atoms with Crippen LogP contribution in [0.3, 0.4) is 0 Å². The van der Waals surface area contributed by atoms with E-state index in [2.05, 4.69) is 30.6 Å². The molecule has 0 N–H and O–H groups in total. The highest BCUT2D eigenvalue weighted by Crippen LogP contribution is 2.41. The van der Waals surface area contributed by atoms with Gasteiger partial charge in [-0.25, -0.2) is 0 Å². The van der Waals surface area contributed by atoms with Gasteiger partial charge in [-0.15, -0.1) is 0 Å². The van der Waals surface area contributed by atoms with E-state index in [1.807, 2.05) is 0 Å². The van der Waals surface area contributed by atoms with Gasteiger partial charge in [0.15, 0.2) is 0 Å². The Kier molecular flexibility index (Phi) is 3.30. The summed E-state index contributed by atoms with van der Waals surface area (Å²) in [4.78, 5) is 5.03. The number of likely N-dealkylation sites (tertiary alicyclic amines) is 2. The summed E-state index contributed by atoms with van der Waals surface area (Å²) < 4.78 is 5.17. The zero-order chi connectivity index (χ0) is 11.8. The molecule has 2 heterocycles. The smallest absolute Gasteiger partial charge is 0.0986 e. The summed E-state index contributed by atoms with van der Waals surface area (Å²) in [6, 6.07) is 0. The molecule has 2 rings (SSSR count). The SMILES string of the molecule is COCN1CC2(CCN(C(C)(C)C)CC2)C1. The van der Waals surface area contributed by atoms with Crippen molar-refractivity contribution in [2.75, 3.05) is 40.0 Å². The van der Waals surface area contributed by atoms with Crippen molar-refractivity contribution in [1.82, 2.24) is 9.80 Å². The van der Waals surface area contributed by atoms with Gasteiger partial charge >= 0.3 is 0 Å². The lowest BCUT2D eigenvalue weighted by Gasteiger charge is -2.55. The molecule has 3 heteroatoms. The minimum absolute atomic E-state index is 0.345. The maximum absolute atomic E-state index is 5.17. The topological polar surface area (TPSA) is 15.7 Å². The van der Waals surface area contributed by atoms with Crippen LogP contribution in [0.2, 0.25) is 0 Å². The quantitative estimate of drug-likeness (QED) is 0.714. The van der Waals surface area contributed by atoms with Crippen LogP contribution in [0.1, 0.15) is 33.6 Å². The number of hydrogen-bond donors (Lipinski definition) is 0. The van der Waals surface area contributed by atoms with E-state index in [-0.39, 0.29) is 0 Å². The van der Waals surface area contributed by atoms with E-state index in [4.69, 9.17) is 4.74 Å². The molecular formula is C13H26N2O. The molecule has 0 radical (unpaired) electrons. The lowest BCUT2D eigenvalue weighted by molar-refractivity contribution is -0.101. The number of methoxy groups -OCH3 is 1. The number of piperidine rings is 1. The molecule has 2 fully saturated rings. The van der Waals surface area contributed by atoms with E-state index in [1.54, 1.807) is 7.11 Å². The van der Waals surface area contributed by atoms with Gasteiger partial charge < -0.3 is 4.74 Å². The summed E-state index contributed by atoms with van der Waals surface area (Å²) in [7, 11) is 1.78. The van der Waals surface area contributed by atoms with Gasteiger partial charge in [-0.3, -0.25) is 9.80 Å². The van der Waals surface area contributed by atoms with Crippen LogP contribution >= 0.6 is 0 Å². The van der Waals surface area contributed by atoms with Crippen molar-refractivity contribution in [3.8, 4) is 0 Å². The molecule has 3 nitrogen and oxygen atoms in total. The molecule has 0 saturated carbocycles. The second-order valence-electron chi connectivity index (χ2n) is 6.56. The lowest BCUT2D eigenvalue weighted by atomic mass is 9.71. The molecular weight excluding hydrogens is 200 g/mol. The van der Waals surface area contributed by atoms with Gasteiger partial charge in [-0.05, 0) is 52.1 Å². The summed E-state index contributed by atoms with van der Waals surface area (Å²) >= 11 is 0. The Morgan fingerprint density at radius 3 is 2.12 bits per heavy atom. The van der Waals surface area contributed by atoms with Gasteiger partial charge in [0, 0.05) is 25.7 Å². The number of hydrogen-bond acceptors (Lipinski definition) is 3. The average molecular weight is 226 g/mol. The summed E-state index contributed by atoms with van der Waals surface area (Å²) in [6.45, 7) is 12.8. The molecule has 0 atom stereocenters. The van der Waals surface area contributed by atoms with E-state index in [9.17, 15) is 0 Å². The average Bonchev–Trinajstić information content (AvgIpc) is 2.15. The number of ether oxygens (including phenoxy) is 1.